The molecule has 3 nitrogen and oxygen atoms in total. The van der Waals surface area contributed by atoms with Gasteiger partial charge in [0.15, 0.2) is 0 Å². The number of aromatic carboxylic acids is 1. The van der Waals surface area contributed by atoms with Crippen molar-refractivity contribution in [3.8, 4) is 0 Å². The van der Waals surface area contributed by atoms with Crippen LogP contribution in [-0.4, -0.2) is 17.6 Å². The summed E-state index contributed by atoms with van der Waals surface area (Å²) in [5, 5.41) is 9.46. The van der Waals surface area contributed by atoms with E-state index in [-0.39, 0.29) is 0 Å². The number of carboxylic acid groups (broad SMARTS) is 1. The Kier molecular flexibility index (Phi) is 5.39. The van der Waals surface area contributed by atoms with E-state index in [0.29, 0.717) is 5.56 Å². The Bertz CT molecular complexity index is 613. The van der Waals surface area contributed by atoms with E-state index in [0.717, 1.165) is 35.2 Å². The Morgan fingerprint density at radius 3 is 2.52 bits per heavy atom. The zero-order valence-electron chi connectivity index (χ0n) is 11.9. The molecule has 0 aliphatic carbocycles. The standard InChI is InChI=1S/C17H18BrNO2/c1-2-3-11-19(14-7-5-4-6-8-14)16-10-9-13(18)12-15(16)17(20)21/h4-10,12H,2-3,11H2,1H3,(H,20,21). The third-order valence-corrected chi connectivity index (χ3v) is 3.78. The molecule has 0 radical (unpaired) electrons. The number of nitrogens with zero attached hydrogens (tertiary/aromatic N) is 1. The molecule has 2 aromatic rings. The number of hydrogen-bond acceptors (Lipinski definition) is 2. The zero-order valence-corrected chi connectivity index (χ0v) is 13.5. The van der Waals surface area contributed by atoms with E-state index in [1.807, 2.05) is 42.5 Å². The molecule has 0 amide bonds. The lowest BCUT2D eigenvalue weighted by atomic mass is 10.1. The van der Waals surface area contributed by atoms with Crippen LogP contribution < -0.4 is 4.90 Å². The van der Waals surface area contributed by atoms with Gasteiger partial charge in [-0.3, -0.25) is 0 Å². The minimum absolute atomic E-state index is 0.310. The molecule has 110 valence electrons. The SMILES string of the molecule is CCCCN(c1ccccc1)c1ccc(Br)cc1C(=O)O. The molecule has 0 aromatic heterocycles. The van der Waals surface area contributed by atoms with Crippen LogP contribution in [-0.2, 0) is 0 Å². The highest BCUT2D eigenvalue weighted by atomic mass is 79.9. The average Bonchev–Trinajstić information content (AvgIpc) is 2.49. The molecule has 4 heteroatoms. The summed E-state index contributed by atoms with van der Waals surface area (Å²) < 4.78 is 0.771. The molecule has 0 heterocycles. The van der Waals surface area contributed by atoms with Crippen molar-refractivity contribution in [1.29, 1.82) is 0 Å². The van der Waals surface area contributed by atoms with Crippen molar-refractivity contribution in [2.24, 2.45) is 0 Å². The van der Waals surface area contributed by atoms with Crippen LogP contribution >= 0.6 is 15.9 Å². The van der Waals surface area contributed by atoms with Crippen LogP contribution in [0.5, 0.6) is 0 Å². The Labute approximate surface area is 133 Å². The highest BCUT2D eigenvalue weighted by molar-refractivity contribution is 9.10. The van der Waals surface area contributed by atoms with Gasteiger partial charge in [0, 0.05) is 16.7 Å². The first kappa shape index (κ1) is 15.6. The fourth-order valence-corrected chi connectivity index (χ4v) is 2.59. The third-order valence-electron chi connectivity index (χ3n) is 3.28. The highest BCUT2D eigenvalue weighted by Gasteiger charge is 2.17. The van der Waals surface area contributed by atoms with Gasteiger partial charge >= 0.3 is 5.97 Å². The predicted octanol–water partition coefficient (Wildman–Crippen LogP) is 5.09. The largest absolute Gasteiger partial charge is 0.478 e. The number of unbranched alkanes of at least 4 members (excludes halogenated alkanes) is 1. The van der Waals surface area contributed by atoms with Gasteiger partial charge in [-0.15, -0.1) is 0 Å². The van der Waals surface area contributed by atoms with E-state index in [2.05, 4.69) is 27.8 Å². The van der Waals surface area contributed by atoms with E-state index in [4.69, 9.17) is 0 Å². The van der Waals surface area contributed by atoms with Crippen LogP contribution in [0.15, 0.2) is 53.0 Å². The Balaban J connectivity index is 2.48. The lowest BCUT2D eigenvalue weighted by Gasteiger charge is -2.26. The number of rotatable bonds is 6. The molecule has 0 fully saturated rings. The van der Waals surface area contributed by atoms with E-state index in [1.54, 1.807) is 6.07 Å². The molecule has 0 unspecified atom stereocenters. The Morgan fingerprint density at radius 2 is 1.90 bits per heavy atom. The van der Waals surface area contributed by atoms with Crippen LogP contribution in [0.4, 0.5) is 11.4 Å². The molecular formula is C17H18BrNO2. The van der Waals surface area contributed by atoms with Crippen molar-refractivity contribution >= 4 is 33.3 Å². The molecule has 2 rings (SSSR count). The predicted molar refractivity (Wildman–Crippen MR) is 89.5 cm³/mol. The molecule has 0 aliphatic rings. The van der Waals surface area contributed by atoms with Gasteiger partial charge in [0.1, 0.15) is 0 Å². The highest BCUT2D eigenvalue weighted by Crippen LogP contribution is 2.31. The van der Waals surface area contributed by atoms with E-state index in [9.17, 15) is 9.90 Å². The summed E-state index contributed by atoms with van der Waals surface area (Å²) in [5.74, 6) is -0.913. The number of para-hydroxylation sites is 1. The van der Waals surface area contributed by atoms with Crippen molar-refractivity contribution in [2.45, 2.75) is 19.8 Å². The summed E-state index contributed by atoms with van der Waals surface area (Å²) in [6.45, 7) is 2.92. The van der Waals surface area contributed by atoms with Crippen molar-refractivity contribution in [1.82, 2.24) is 0 Å². The van der Waals surface area contributed by atoms with E-state index in [1.165, 1.54) is 0 Å². The first-order valence-electron chi connectivity index (χ1n) is 6.99. The number of hydrogen-bond donors (Lipinski definition) is 1. The first-order chi connectivity index (χ1) is 10.1. The smallest absolute Gasteiger partial charge is 0.337 e. The molecular weight excluding hydrogens is 330 g/mol. The molecule has 0 atom stereocenters. The molecule has 0 saturated carbocycles. The fourth-order valence-electron chi connectivity index (χ4n) is 2.23. The normalized spacial score (nSPS) is 10.4. The lowest BCUT2D eigenvalue weighted by Crippen LogP contribution is -2.21. The van der Waals surface area contributed by atoms with Crippen molar-refractivity contribution in [3.63, 3.8) is 0 Å². The lowest BCUT2D eigenvalue weighted by molar-refractivity contribution is 0.0697. The Morgan fingerprint density at radius 1 is 1.19 bits per heavy atom. The van der Waals surface area contributed by atoms with Crippen molar-refractivity contribution in [2.75, 3.05) is 11.4 Å². The Hall–Kier alpha value is -1.81. The molecule has 0 bridgehead atoms. The van der Waals surface area contributed by atoms with Crippen molar-refractivity contribution < 1.29 is 9.90 Å². The second-order valence-electron chi connectivity index (χ2n) is 4.81. The van der Waals surface area contributed by atoms with Gasteiger partial charge in [-0.05, 0) is 36.8 Å². The average molecular weight is 348 g/mol. The third kappa shape index (κ3) is 3.85. The van der Waals surface area contributed by atoms with E-state index < -0.39 is 5.97 Å². The first-order valence-corrected chi connectivity index (χ1v) is 7.78. The van der Waals surface area contributed by atoms with Crippen LogP contribution in [0, 0.1) is 0 Å². The maximum Gasteiger partial charge on any atom is 0.337 e. The van der Waals surface area contributed by atoms with Gasteiger partial charge < -0.3 is 10.0 Å². The zero-order chi connectivity index (χ0) is 15.2. The minimum Gasteiger partial charge on any atom is -0.478 e. The summed E-state index contributed by atoms with van der Waals surface area (Å²) in [6, 6.07) is 15.3. The van der Waals surface area contributed by atoms with Crippen LogP contribution in [0.2, 0.25) is 0 Å². The van der Waals surface area contributed by atoms with E-state index >= 15 is 0 Å². The van der Waals surface area contributed by atoms with Crippen molar-refractivity contribution in [3.05, 3.63) is 58.6 Å². The minimum atomic E-state index is -0.913. The van der Waals surface area contributed by atoms with Gasteiger partial charge in [0.25, 0.3) is 0 Å². The molecule has 2 aromatic carbocycles. The van der Waals surface area contributed by atoms with Gasteiger partial charge in [-0.2, -0.15) is 0 Å². The second-order valence-corrected chi connectivity index (χ2v) is 5.72. The maximum absolute atomic E-state index is 11.5. The number of benzene rings is 2. The quantitative estimate of drug-likeness (QED) is 0.791. The summed E-state index contributed by atoms with van der Waals surface area (Å²) in [4.78, 5) is 13.6. The number of carbonyl (C=O) groups is 1. The molecule has 0 saturated heterocycles. The summed E-state index contributed by atoms with van der Waals surface area (Å²) in [5.41, 5.74) is 2.05. The topological polar surface area (TPSA) is 40.5 Å². The van der Waals surface area contributed by atoms with Gasteiger partial charge in [0.05, 0.1) is 11.3 Å². The number of anilines is 2. The number of halogens is 1. The van der Waals surface area contributed by atoms with Gasteiger partial charge in [-0.25, -0.2) is 4.79 Å². The van der Waals surface area contributed by atoms with Crippen LogP contribution in [0.1, 0.15) is 30.1 Å². The molecule has 0 spiro atoms. The molecule has 1 N–H and O–H groups in total. The van der Waals surface area contributed by atoms with Gasteiger partial charge in [-0.1, -0.05) is 47.5 Å². The fraction of sp³-hybridized carbons (Fsp3) is 0.235. The molecule has 0 aliphatic heterocycles. The van der Waals surface area contributed by atoms with Gasteiger partial charge in [0.2, 0.25) is 0 Å². The summed E-state index contributed by atoms with van der Waals surface area (Å²) in [6.07, 6.45) is 2.06. The summed E-state index contributed by atoms with van der Waals surface area (Å²) >= 11 is 3.34. The summed E-state index contributed by atoms with van der Waals surface area (Å²) in [7, 11) is 0. The maximum atomic E-state index is 11.5. The number of carboxylic acids is 1. The molecule has 21 heavy (non-hydrogen) atoms. The van der Waals surface area contributed by atoms with Crippen LogP contribution in [0.25, 0.3) is 0 Å². The second kappa shape index (κ2) is 7.27. The monoisotopic (exact) mass is 347 g/mol. The van der Waals surface area contributed by atoms with Crippen LogP contribution in [0.3, 0.4) is 0 Å².